The summed E-state index contributed by atoms with van der Waals surface area (Å²) in [6.07, 6.45) is 6.72. The molecule has 0 fully saturated rings. The molecule has 0 radical (unpaired) electrons. The van der Waals surface area contributed by atoms with Crippen LogP contribution >= 0.6 is 11.6 Å². The number of halogens is 1. The molecule has 0 aromatic carbocycles. The second-order valence-corrected chi connectivity index (χ2v) is 5.69. The summed E-state index contributed by atoms with van der Waals surface area (Å²) in [7, 11) is 0. The van der Waals surface area contributed by atoms with Crippen LogP contribution in [0.25, 0.3) is 0 Å². The van der Waals surface area contributed by atoms with Crippen LogP contribution in [0.15, 0.2) is 0 Å². The van der Waals surface area contributed by atoms with Crippen LogP contribution in [0.1, 0.15) is 58.8 Å². The summed E-state index contributed by atoms with van der Waals surface area (Å²) in [5, 5.41) is 18.1. The van der Waals surface area contributed by atoms with Gasteiger partial charge in [0.1, 0.15) is 0 Å². The number of hydrogen-bond acceptors (Lipinski definition) is 3. The Bertz CT molecular complexity index is 244. The molecule has 114 valence electrons. The molecule has 19 heavy (non-hydrogen) atoms. The van der Waals surface area contributed by atoms with Crippen molar-refractivity contribution in [2.24, 2.45) is 0 Å². The summed E-state index contributed by atoms with van der Waals surface area (Å²) < 4.78 is 5.32. The molecule has 0 aliphatic rings. The molecule has 5 heteroatoms. The first-order valence-electron chi connectivity index (χ1n) is 7.01. The molecule has 0 amide bonds. The van der Waals surface area contributed by atoms with Crippen LogP contribution in [-0.4, -0.2) is 40.4 Å². The number of carbonyl (C=O) groups is 1. The van der Waals surface area contributed by atoms with Gasteiger partial charge in [0.05, 0.1) is 6.10 Å². The van der Waals surface area contributed by atoms with Crippen LogP contribution in [0.3, 0.4) is 0 Å². The Hall–Kier alpha value is -0.320. The number of aliphatic hydroxyl groups excluding tert-OH is 1. The van der Waals surface area contributed by atoms with E-state index in [4.69, 9.17) is 21.4 Å². The van der Waals surface area contributed by atoms with Crippen LogP contribution in [0.4, 0.5) is 0 Å². The highest BCUT2D eigenvalue weighted by molar-refractivity contribution is 6.18. The molecule has 0 aromatic heterocycles. The molecule has 1 unspecified atom stereocenters. The second-order valence-electron chi connectivity index (χ2n) is 5.38. The minimum absolute atomic E-state index is 0.316. The lowest BCUT2D eigenvalue weighted by Gasteiger charge is -2.19. The van der Waals surface area contributed by atoms with Crippen molar-refractivity contribution in [1.29, 1.82) is 0 Å². The number of aliphatic carboxylic acids is 1. The van der Waals surface area contributed by atoms with E-state index >= 15 is 0 Å². The molecule has 1 atom stereocenters. The van der Waals surface area contributed by atoms with E-state index < -0.39 is 11.6 Å². The van der Waals surface area contributed by atoms with Gasteiger partial charge in [-0.15, -0.1) is 11.6 Å². The Morgan fingerprint density at radius 3 is 2.21 bits per heavy atom. The van der Waals surface area contributed by atoms with Gasteiger partial charge in [0.15, 0.2) is 5.60 Å². The fourth-order valence-corrected chi connectivity index (χ4v) is 1.81. The van der Waals surface area contributed by atoms with Crippen LogP contribution in [0.5, 0.6) is 0 Å². The van der Waals surface area contributed by atoms with Crippen LogP contribution in [0.2, 0.25) is 0 Å². The lowest BCUT2D eigenvalue weighted by Crippen LogP contribution is -2.35. The van der Waals surface area contributed by atoms with E-state index in [1.165, 1.54) is 0 Å². The fraction of sp³-hybridized carbons (Fsp3) is 0.929. The monoisotopic (exact) mass is 294 g/mol. The predicted molar refractivity (Wildman–Crippen MR) is 76.7 cm³/mol. The first-order chi connectivity index (χ1) is 8.90. The van der Waals surface area contributed by atoms with E-state index in [1.807, 2.05) is 0 Å². The summed E-state index contributed by atoms with van der Waals surface area (Å²) in [5.41, 5.74) is -1.09. The van der Waals surface area contributed by atoms with Gasteiger partial charge in [-0.05, 0) is 26.7 Å². The van der Waals surface area contributed by atoms with Gasteiger partial charge in [-0.2, -0.15) is 0 Å². The zero-order chi connectivity index (χ0) is 14.7. The number of alkyl halides is 1. The molecule has 0 aliphatic heterocycles. The van der Waals surface area contributed by atoms with E-state index in [0.717, 1.165) is 44.9 Å². The minimum atomic E-state index is -1.09. The van der Waals surface area contributed by atoms with Crippen LogP contribution < -0.4 is 0 Å². The lowest BCUT2D eigenvalue weighted by atomic mass is 10.1. The van der Waals surface area contributed by atoms with E-state index in [1.54, 1.807) is 13.8 Å². The van der Waals surface area contributed by atoms with Gasteiger partial charge in [-0.25, -0.2) is 4.79 Å². The highest BCUT2D eigenvalue weighted by Gasteiger charge is 2.27. The summed E-state index contributed by atoms with van der Waals surface area (Å²) in [4.78, 5) is 10.8. The Balaban J connectivity index is 3.30. The molecule has 0 saturated carbocycles. The maximum absolute atomic E-state index is 10.8. The van der Waals surface area contributed by atoms with E-state index in [-0.39, 0.29) is 6.10 Å². The molecule has 0 aromatic rings. The van der Waals surface area contributed by atoms with E-state index in [0.29, 0.717) is 12.5 Å². The standard InChI is InChI=1S/C14H27ClO4/c1-14(2,13(17)18)19-10-8-6-4-3-5-7-9-12(16)11-15/h12,16H,3-11H2,1-2H3,(H,17,18). The molecule has 0 rings (SSSR count). The van der Waals surface area contributed by atoms with Crippen molar-refractivity contribution in [3.05, 3.63) is 0 Å². The largest absolute Gasteiger partial charge is 0.479 e. The highest BCUT2D eigenvalue weighted by Crippen LogP contribution is 2.12. The average Bonchev–Trinajstić information content (AvgIpc) is 2.36. The molecular formula is C14H27ClO4. The van der Waals surface area contributed by atoms with Gasteiger partial charge in [0.25, 0.3) is 0 Å². The van der Waals surface area contributed by atoms with Crippen molar-refractivity contribution in [1.82, 2.24) is 0 Å². The minimum Gasteiger partial charge on any atom is -0.479 e. The SMILES string of the molecule is CC(C)(OCCCCCCCCC(O)CCl)C(=O)O. The lowest BCUT2D eigenvalue weighted by molar-refractivity contribution is -0.161. The van der Waals surface area contributed by atoms with E-state index in [9.17, 15) is 9.90 Å². The maximum Gasteiger partial charge on any atom is 0.335 e. The number of ether oxygens (including phenoxy) is 1. The maximum atomic E-state index is 10.8. The predicted octanol–water partition coefficient (Wildman–Crippen LogP) is 3.20. The summed E-state index contributed by atoms with van der Waals surface area (Å²) in [6.45, 7) is 3.62. The normalized spacial score (nSPS) is 13.5. The van der Waals surface area contributed by atoms with Gasteiger partial charge in [-0.3, -0.25) is 0 Å². The first-order valence-corrected chi connectivity index (χ1v) is 7.55. The van der Waals surface area contributed by atoms with Gasteiger partial charge in [0, 0.05) is 12.5 Å². The zero-order valence-electron chi connectivity index (χ0n) is 12.0. The third-order valence-electron chi connectivity index (χ3n) is 3.09. The average molecular weight is 295 g/mol. The molecular weight excluding hydrogens is 268 g/mol. The number of hydrogen-bond donors (Lipinski definition) is 2. The fourth-order valence-electron chi connectivity index (χ4n) is 1.66. The van der Waals surface area contributed by atoms with Gasteiger partial charge in [0.2, 0.25) is 0 Å². The van der Waals surface area contributed by atoms with Crippen molar-refractivity contribution in [3.63, 3.8) is 0 Å². The summed E-state index contributed by atoms with van der Waals surface area (Å²) in [5.74, 6) is -0.609. The Labute approximate surface area is 121 Å². The van der Waals surface area contributed by atoms with Crippen molar-refractivity contribution in [2.75, 3.05) is 12.5 Å². The molecule has 0 spiro atoms. The number of unbranched alkanes of at least 4 members (excludes halogenated alkanes) is 5. The molecule has 2 N–H and O–H groups in total. The second kappa shape index (κ2) is 10.5. The molecule has 0 aliphatic carbocycles. The third-order valence-corrected chi connectivity index (χ3v) is 3.44. The number of aliphatic hydroxyl groups is 1. The van der Waals surface area contributed by atoms with E-state index in [2.05, 4.69) is 0 Å². The van der Waals surface area contributed by atoms with Gasteiger partial charge in [-0.1, -0.05) is 32.1 Å². The number of rotatable bonds is 12. The Morgan fingerprint density at radius 2 is 1.68 bits per heavy atom. The van der Waals surface area contributed by atoms with Crippen molar-refractivity contribution < 1.29 is 19.7 Å². The molecule has 0 saturated heterocycles. The van der Waals surface area contributed by atoms with Crippen LogP contribution in [0, 0.1) is 0 Å². The smallest absolute Gasteiger partial charge is 0.335 e. The van der Waals surface area contributed by atoms with Gasteiger partial charge >= 0.3 is 5.97 Å². The number of carboxylic acid groups (broad SMARTS) is 1. The Morgan fingerprint density at radius 1 is 1.16 bits per heavy atom. The zero-order valence-corrected chi connectivity index (χ0v) is 12.8. The van der Waals surface area contributed by atoms with Crippen LogP contribution in [-0.2, 0) is 9.53 Å². The number of carboxylic acids is 1. The summed E-state index contributed by atoms with van der Waals surface area (Å²) in [6, 6.07) is 0. The summed E-state index contributed by atoms with van der Waals surface area (Å²) >= 11 is 5.50. The molecule has 0 bridgehead atoms. The first kappa shape index (κ1) is 18.7. The molecule has 0 heterocycles. The highest BCUT2D eigenvalue weighted by atomic mass is 35.5. The van der Waals surface area contributed by atoms with Crippen molar-refractivity contribution in [2.45, 2.75) is 70.5 Å². The van der Waals surface area contributed by atoms with Gasteiger partial charge < -0.3 is 14.9 Å². The van der Waals surface area contributed by atoms with Crippen molar-refractivity contribution in [3.8, 4) is 0 Å². The topological polar surface area (TPSA) is 66.8 Å². The van der Waals surface area contributed by atoms with Crippen molar-refractivity contribution >= 4 is 17.6 Å². The third kappa shape index (κ3) is 10.2. The quantitative estimate of drug-likeness (QED) is 0.428. The Kier molecular flexibility index (Phi) is 10.3. The molecule has 4 nitrogen and oxygen atoms in total.